The molecule has 15 heteroatoms. The number of hydrogen-bond acceptors (Lipinski definition) is 13. The number of esters is 2. The second-order valence-corrected chi connectivity index (χ2v) is 15.4. The third-order valence-electron chi connectivity index (χ3n) is 9.29. The zero-order valence-corrected chi connectivity index (χ0v) is 35.5. The molecule has 61 heavy (non-hydrogen) atoms. The van der Waals surface area contributed by atoms with Crippen molar-refractivity contribution in [3.8, 4) is 69.3 Å². The Morgan fingerprint density at radius 1 is 0.639 bits per heavy atom. The Balaban J connectivity index is 0.933. The SMILES string of the molecule is CC(C)Oc1ccc(-c2nc(-c3cccc(CCCCCC(=O)OC(=O)CCCc4cccc(-c5noc(-c6ccc(OC(C)C)c(C#N)c6)n5)c4Cl)c3Cl)no2)cc1C#N. The van der Waals surface area contributed by atoms with Crippen LogP contribution in [0.25, 0.3) is 45.7 Å². The van der Waals surface area contributed by atoms with E-state index in [9.17, 15) is 20.1 Å². The summed E-state index contributed by atoms with van der Waals surface area (Å²) in [7, 11) is 0. The Bertz CT molecular complexity index is 2610. The largest absolute Gasteiger partial charge is 0.490 e. The van der Waals surface area contributed by atoms with Gasteiger partial charge in [-0.25, -0.2) is 0 Å². The Morgan fingerprint density at radius 2 is 1.10 bits per heavy atom. The first-order valence-corrected chi connectivity index (χ1v) is 20.6. The quantitative estimate of drug-likeness (QED) is 0.0451. The van der Waals surface area contributed by atoms with Crippen LogP contribution in [0.15, 0.2) is 81.8 Å². The van der Waals surface area contributed by atoms with Crippen LogP contribution >= 0.6 is 23.2 Å². The standard InChI is InChI=1S/C46H42Cl2N6O7/c1-27(2)57-37-21-19-31(23-33(37)25-49)45-51-43(53-60-45)35-15-8-12-29(41(35)47)11-6-5-7-17-39(55)59-40(56)18-10-14-30-13-9-16-36(42(30)48)44-52-46(61-54-44)32-20-22-38(58-28(3)4)34(24-32)26-50/h8-9,12-13,15-16,19-24,27-28H,5-7,10-11,14,17-18H2,1-4H3. The van der Waals surface area contributed by atoms with Gasteiger partial charge in [-0.05, 0) is 119 Å². The molecule has 6 aromatic rings. The molecule has 312 valence electrons. The zero-order chi connectivity index (χ0) is 43.5. The lowest BCUT2D eigenvalue weighted by atomic mass is 10.0. The van der Waals surface area contributed by atoms with E-state index in [1.54, 1.807) is 42.5 Å². The van der Waals surface area contributed by atoms with E-state index < -0.39 is 11.9 Å². The smallest absolute Gasteiger partial charge is 0.313 e. The number of benzene rings is 4. The van der Waals surface area contributed by atoms with Crippen LogP contribution in [-0.2, 0) is 27.2 Å². The summed E-state index contributed by atoms with van der Waals surface area (Å²) in [5, 5.41) is 28.3. The fraction of sp³-hybridized carbons (Fsp3) is 0.304. The molecule has 0 fully saturated rings. The van der Waals surface area contributed by atoms with E-state index in [1.165, 1.54) is 0 Å². The first-order valence-electron chi connectivity index (χ1n) is 19.8. The second-order valence-electron chi connectivity index (χ2n) is 14.6. The zero-order valence-electron chi connectivity index (χ0n) is 34.0. The van der Waals surface area contributed by atoms with Crippen LogP contribution in [0.3, 0.4) is 0 Å². The highest BCUT2D eigenvalue weighted by atomic mass is 35.5. The summed E-state index contributed by atoms with van der Waals surface area (Å²) in [5.74, 6) is 0.832. The van der Waals surface area contributed by atoms with Gasteiger partial charge >= 0.3 is 11.9 Å². The normalized spacial score (nSPS) is 11.0. The van der Waals surface area contributed by atoms with Crippen molar-refractivity contribution in [3.05, 3.63) is 105 Å². The summed E-state index contributed by atoms with van der Waals surface area (Å²) in [6.45, 7) is 7.54. The van der Waals surface area contributed by atoms with E-state index in [1.807, 2.05) is 58.0 Å². The van der Waals surface area contributed by atoms with Gasteiger partial charge in [-0.3, -0.25) is 9.59 Å². The number of ether oxygens (including phenoxy) is 3. The Hall–Kier alpha value is -6.54. The molecule has 0 unspecified atom stereocenters. The molecule has 0 amide bonds. The van der Waals surface area contributed by atoms with Gasteiger partial charge in [0.25, 0.3) is 11.8 Å². The number of nitriles is 2. The molecule has 0 saturated carbocycles. The molecule has 2 aromatic heterocycles. The topological polar surface area (TPSA) is 187 Å². The molecule has 4 aromatic carbocycles. The Labute approximate surface area is 363 Å². The van der Waals surface area contributed by atoms with Crippen molar-refractivity contribution in [2.24, 2.45) is 0 Å². The minimum Gasteiger partial charge on any atom is -0.490 e. The van der Waals surface area contributed by atoms with Crippen LogP contribution in [0.5, 0.6) is 11.5 Å². The molecular formula is C46H42Cl2N6O7. The molecule has 0 aliphatic carbocycles. The van der Waals surface area contributed by atoms with Gasteiger partial charge in [-0.2, -0.15) is 20.5 Å². The van der Waals surface area contributed by atoms with Gasteiger partial charge in [0.2, 0.25) is 11.6 Å². The fourth-order valence-electron chi connectivity index (χ4n) is 6.42. The molecule has 0 aliphatic rings. The number of carbonyl (C=O) groups excluding carboxylic acids is 2. The highest BCUT2D eigenvalue weighted by molar-refractivity contribution is 6.34. The minimum atomic E-state index is -0.600. The molecule has 2 heterocycles. The Kier molecular flexibility index (Phi) is 14.9. The molecular weight excluding hydrogens is 819 g/mol. The van der Waals surface area contributed by atoms with Crippen LogP contribution in [-0.4, -0.2) is 44.4 Å². The number of rotatable bonds is 18. The van der Waals surface area contributed by atoms with Gasteiger partial charge < -0.3 is 23.3 Å². The summed E-state index contributed by atoms with van der Waals surface area (Å²) in [6, 6.07) is 25.5. The molecule has 0 atom stereocenters. The molecule has 0 N–H and O–H groups in total. The van der Waals surface area contributed by atoms with Crippen LogP contribution in [0.4, 0.5) is 0 Å². The summed E-state index contributed by atoms with van der Waals surface area (Å²) in [6.07, 6.45) is 3.48. The monoisotopic (exact) mass is 860 g/mol. The molecule has 0 saturated heterocycles. The van der Waals surface area contributed by atoms with E-state index in [0.717, 1.165) is 17.5 Å². The van der Waals surface area contributed by atoms with Crippen molar-refractivity contribution in [1.29, 1.82) is 10.5 Å². The average molecular weight is 862 g/mol. The lowest BCUT2D eigenvalue weighted by molar-refractivity contribution is -0.159. The van der Waals surface area contributed by atoms with E-state index in [2.05, 4.69) is 32.4 Å². The lowest BCUT2D eigenvalue weighted by Crippen LogP contribution is -2.12. The van der Waals surface area contributed by atoms with Crippen molar-refractivity contribution >= 4 is 35.1 Å². The maximum atomic E-state index is 12.5. The molecule has 0 aliphatic heterocycles. The van der Waals surface area contributed by atoms with E-state index in [4.69, 9.17) is 46.5 Å². The first-order chi connectivity index (χ1) is 29.4. The molecule has 0 spiro atoms. The molecule has 0 radical (unpaired) electrons. The average Bonchev–Trinajstić information content (AvgIpc) is 3.93. The number of aromatic nitrogens is 4. The van der Waals surface area contributed by atoms with Gasteiger partial charge in [0.05, 0.1) is 33.4 Å². The van der Waals surface area contributed by atoms with Gasteiger partial charge in [0.1, 0.15) is 23.6 Å². The van der Waals surface area contributed by atoms with Gasteiger partial charge in [-0.1, -0.05) is 64.2 Å². The summed E-state index contributed by atoms with van der Waals surface area (Å²) >= 11 is 13.5. The maximum Gasteiger partial charge on any atom is 0.313 e. The molecule has 0 bridgehead atoms. The number of aryl methyl sites for hydroxylation is 2. The van der Waals surface area contributed by atoms with Crippen LogP contribution in [0.1, 0.15) is 88.5 Å². The van der Waals surface area contributed by atoms with Crippen LogP contribution in [0.2, 0.25) is 10.0 Å². The van der Waals surface area contributed by atoms with Crippen LogP contribution < -0.4 is 9.47 Å². The number of carbonyl (C=O) groups is 2. The van der Waals surface area contributed by atoms with Gasteiger partial charge in [-0.15, -0.1) is 0 Å². The van der Waals surface area contributed by atoms with Gasteiger partial charge in [0, 0.05) is 35.1 Å². The molecule has 6 rings (SSSR count). The predicted molar refractivity (Wildman–Crippen MR) is 228 cm³/mol. The van der Waals surface area contributed by atoms with Crippen molar-refractivity contribution in [1.82, 2.24) is 20.3 Å². The number of unbranched alkanes of at least 4 members (excludes halogenated alkanes) is 2. The molecule has 13 nitrogen and oxygen atoms in total. The lowest BCUT2D eigenvalue weighted by Gasteiger charge is -2.11. The minimum absolute atomic E-state index is 0.0353. The first kappa shape index (κ1) is 44.0. The third-order valence-corrected chi connectivity index (χ3v) is 10.2. The van der Waals surface area contributed by atoms with E-state index in [-0.39, 0.29) is 42.7 Å². The summed E-state index contributed by atoms with van der Waals surface area (Å²) in [5.41, 5.74) is 4.68. The van der Waals surface area contributed by atoms with E-state index >= 15 is 0 Å². The third kappa shape index (κ3) is 11.4. The highest BCUT2D eigenvalue weighted by Crippen LogP contribution is 2.34. The second kappa shape index (κ2) is 20.6. The van der Waals surface area contributed by atoms with Crippen molar-refractivity contribution in [2.75, 3.05) is 0 Å². The summed E-state index contributed by atoms with van der Waals surface area (Å²) in [4.78, 5) is 34.0. The number of halogens is 2. The van der Waals surface area contributed by atoms with Crippen LogP contribution in [0, 0.1) is 22.7 Å². The van der Waals surface area contributed by atoms with Gasteiger partial charge in [0.15, 0.2) is 0 Å². The van der Waals surface area contributed by atoms with E-state index in [0.29, 0.717) is 92.9 Å². The van der Waals surface area contributed by atoms with Crippen molar-refractivity contribution in [3.63, 3.8) is 0 Å². The summed E-state index contributed by atoms with van der Waals surface area (Å²) < 4.78 is 27.5. The highest BCUT2D eigenvalue weighted by Gasteiger charge is 2.20. The van der Waals surface area contributed by atoms with Crippen molar-refractivity contribution < 1.29 is 32.8 Å². The number of nitrogens with zero attached hydrogens (tertiary/aromatic N) is 6. The van der Waals surface area contributed by atoms with Crippen molar-refractivity contribution in [2.45, 2.75) is 91.3 Å². The fourth-order valence-corrected chi connectivity index (χ4v) is 7.03. The number of hydrogen-bond donors (Lipinski definition) is 0. The Morgan fingerprint density at radius 3 is 1.56 bits per heavy atom. The maximum absolute atomic E-state index is 12.5. The predicted octanol–water partition coefficient (Wildman–Crippen LogP) is 10.9.